The molecule has 2 bridgehead atoms. The maximum Gasteiger partial charge on any atom is -0.0354 e. The largest absolute Gasteiger partial charge is 0.0599 e. The average Bonchev–Trinajstić information content (AvgIpc) is 2.34. The van der Waals surface area contributed by atoms with Crippen LogP contribution in [0.5, 0.6) is 0 Å². The summed E-state index contributed by atoms with van der Waals surface area (Å²) in [4.78, 5) is 0. The summed E-state index contributed by atoms with van der Waals surface area (Å²) in [5, 5.41) is 0. The Labute approximate surface area is 83.1 Å². The van der Waals surface area contributed by atoms with E-state index in [1.807, 2.05) is 0 Å². The fraction of sp³-hybridized carbons (Fsp3) is 1.00. The molecule has 0 aromatic heterocycles. The third-order valence-electron chi connectivity index (χ3n) is 4.43. The molecule has 13 heavy (non-hydrogen) atoms. The first-order chi connectivity index (χ1) is 6.05. The van der Waals surface area contributed by atoms with Crippen LogP contribution in [0.1, 0.15) is 59.3 Å². The molecule has 0 aliphatic heterocycles. The van der Waals surface area contributed by atoms with Crippen LogP contribution in [-0.4, -0.2) is 0 Å². The molecule has 0 N–H and O–H groups in total. The second kappa shape index (κ2) is 3.29. The molecular formula is C13H24. The van der Waals surface area contributed by atoms with Gasteiger partial charge in [0.15, 0.2) is 0 Å². The Hall–Kier alpha value is 0. The highest BCUT2D eigenvalue weighted by Gasteiger charge is 2.35. The zero-order valence-corrected chi connectivity index (χ0v) is 9.47. The van der Waals surface area contributed by atoms with Crippen LogP contribution in [0.25, 0.3) is 0 Å². The number of fused-ring (bicyclic) bond motifs is 4. The molecule has 3 rings (SSSR count). The normalized spacial score (nSPS) is 40.4. The van der Waals surface area contributed by atoms with Crippen LogP contribution in [-0.2, 0) is 0 Å². The van der Waals surface area contributed by atoms with Crippen molar-refractivity contribution in [1.82, 2.24) is 0 Å². The summed E-state index contributed by atoms with van der Waals surface area (Å²) in [6.45, 7) is 7.30. The van der Waals surface area contributed by atoms with E-state index < -0.39 is 0 Å². The predicted octanol–water partition coefficient (Wildman–Crippen LogP) is 4.25. The van der Waals surface area contributed by atoms with E-state index in [0.717, 1.165) is 17.8 Å². The highest BCUT2D eigenvalue weighted by molar-refractivity contribution is 4.86. The summed E-state index contributed by atoms with van der Waals surface area (Å²) in [6, 6.07) is 0. The van der Waals surface area contributed by atoms with Gasteiger partial charge in [-0.2, -0.15) is 0 Å². The van der Waals surface area contributed by atoms with Crippen LogP contribution >= 0.6 is 0 Å². The lowest BCUT2D eigenvalue weighted by molar-refractivity contribution is 0.194. The maximum absolute atomic E-state index is 2.43. The fourth-order valence-electron chi connectivity index (χ4n) is 3.31. The van der Waals surface area contributed by atoms with Crippen molar-refractivity contribution in [2.45, 2.75) is 59.3 Å². The van der Waals surface area contributed by atoms with Gasteiger partial charge in [0, 0.05) is 0 Å². The summed E-state index contributed by atoms with van der Waals surface area (Å²) in [7, 11) is 0. The maximum atomic E-state index is 2.43. The van der Waals surface area contributed by atoms with Crippen molar-refractivity contribution in [2.75, 3.05) is 0 Å². The van der Waals surface area contributed by atoms with Crippen LogP contribution in [0.15, 0.2) is 0 Å². The van der Waals surface area contributed by atoms with Gasteiger partial charge in [-0.1, -0.05) is 46.5 Å². The van der Waals surface area contributed by atoms with E-state index >= 15 is 0 Å². The quantitative estimate of drug-likeness (QED) is 0.523. The minimum absolute atomic E-state index is 0.561. The van der Waals surface area contributed by atoms with Crippen molar-refractivity contribution in [2.24, 2.45) is 23.2 Å². The summed E-state index contributed by atoms with van der Waals surface area (Å²) in [5.74, 6) is 3.18. The van der Waals surface area contributed by atoms with Crippen LogP contribution in [0.4, 0.5) is 0 Å². The lowest BCUT2D eigenvalue weighted by Crippen LogP contribution is -2.21. The van der Waals surface area contributed by atoms with Crippen LogP contribution < -0.4 is 0 Å². The SMILES string of the molecule is CC(C)(C)C1CC2CCC(CC2)C1. The van der Waals surface area contributed by atoms with Gasteiger partial charge in [-0.15, -0.1) is 0 Å². The van der Waals surface area contributed by atoms with E-state index in [1.54, 1.807) is 0 Å². The van der Waals surface area contributed by atoms with E-state index in [0.29, 0.717) is 5.41 Å². The van der Waals surface area contributed by atoms with Gasteiger partial charge < -0.3 is 0 Å². The molecule has 3 aliphatic rings. The first kappa shape index (κ1) is 9.55. The molecule has 0 spiro atoms. The van der Waals surface area contributed by atoms with Gasteiger partial charge >= 0.3 is 0 Å². The Bertz CT molecular complexity index is 153. The van der Waals surface area contributed by atoms with Crippen LogP contribution in [0.3, 0.4) is 0 Å². The van der Waals surface area contributed by atoms with E-state index in [-0.39, 0.29) is 0 Å². The van der Waals surface area contributed by atoms with E-state index in [1.165, 1.54) is 38.5 Å². The lowest BCUT2D eigenvalue weighted by atomic mass is 9.75. The lowest BCUT2D eigenvalue weighted by Gasteiger charge is -2.31. The fourth-order valence-corrected chi connectivity index (χ4v) is 3.31. The minimum Gasteiger partial charge on any atom is -0.0599 e. The Morgan fingerprint density at radius 2 is 1.15 bits per heavy atom. The number of hydrogen-bond donors (Lipinski definition) is 0. The van der Waals surface area contributed by atoms with E-state index in [9.17, 15) is 0 Å². The summed E-state index contributed by atoms with van der Waals surface area (Å²) < 4.78 is 0. The Morgan fingerprint density at radius 1 is 0.769 bits per heavy atom. The molecule has 0 nitrogen and oxygen atoms in total. The van der Waals surface area contributed by atoms with Crippen LogP contribution in [0.2, 0.25) is 0 Å². The Morgan fingerprint density at radius 3 is 1.46 bits per heavy atom. The molecule has 76 valence electrons. The third-order valence-corrected chi connectivity index (χ3v) is 4.43. The summed E-state index contributed by atoms with van der Waals surface area (Å²) in [6.07, 6.45) is 9.21. The Balaban J connectivity index is 2.07. The monoisotopic (exact) mass is 180 g/mol. The minimum atomic E-state index is 0.561. The molecule has 0 amide bonds. The zero-order valence-electron chi connectivity index (χ0n) is 9.47. The van der Waals surface area contributed by atoms with Gasteiger partial charge in [-0.3, -0.25) is 0 Å². The van der Waals surface area contributed by atoms with Crippen molar-refractivity contribution in [3.05, 3.63) is 0 Å². The van der Waals surface area contributed by atoms with Crippen LogP contribution in [0, 0.1) is 23.2 Å². The summed E-state index contributed by atoms with van der Waals surface area (Å²) >= 11 is 0. The van der Waals surface area contributed by atoms with Crippen molar-refractivity contribution >= 4 is 0 Å². The van der Waals surface area contributed by atoms with Gasteiger partial charge in [0.25, 0.3) is 0 Å². The van der Waals surface area contributed by atoms with Crippen molar-refractivity contribution in [3.8, 4) is 0 Å². The molecule has 0 radical (unpaired) electrons. The molecule has 0 atom stereocenters. The predicted molar refractivity (Wildman–Crippen MR) is 57.6 cm³/mol. The molecule has 0 unspecified atom stereocenters. The van der Waals surface area contributed by atoms with Crippen molar-refractivity contribution in [1.29, 1.82) is 0 Å². The molecule has 3 fully saturated rings. The molecule has 0 aromatic rings. The van der Waals surface area contributed by atoms with Gasteiger partial charge in [-0.05, 0) is 36.0 Å². The highest BCUT2D eigenvalue weighted by atomic mass is 14.4. The molecule has 0 saturated heterocycles. The molecule has 0 heteroatoms. The topological polar surface area (TPSA) is 0 Å². The smallest absolute Gasteiger partial charge is 0.0354 e. The van der Waals surface area contributed by atoms with Gasteiger partial charge in [0.2, 0.25) is 0 Å². The molecular weight excluding hydrogens is 156 g/mol. The standard InChI is InChI=1S/C13H24/c1-13(2,3)12-8-10-4-5-11(9-12)7-6-10/h10-12H,4-9H2,1-3H3. The summed E-state index contributed by atoms with van der Waals surface area (Å²) in [5.41, 5.74) is 0.561. The van der Waals surface area contributed by atoms with Gasteiger partial charge in [-0.25, -0.2) is 0 Å². The van der Waals surface area contributed by atoms with E-state index in [2.05, 4.69) is 20.8 Å². The molecule has 3 aliphatic carbocycles. The second-order valence-electron chi connectivity index (χ2n) is 6.42. The first-order valence-corrected chi connectivity index (χ1v) is 6.05. The molecule has 3 saturated carbocycles. The zero-order chi connectivity index (χ0) is 9.47. The average molecular weight is 180 g/mol. The second-order valence-corrected chi connectivity index (χ2v) is 6.42. The highest BCUT2D eigenvalue weighted by Crippen LogP contribution is 2.47. The molecule has 0 heterocycles. The number of rotatable bonds is 0. The first-order valence-electron chi connectivity index (χ1n) is 6.05. The van der Waals surface area contributed by atoms with Crippen molar-refractivity contribution in [3.63, 3.8) is 0 Å². The van der Waals surface area contributed by atoms with Gasteiger partial charge in [0.1, 0.15) is 0 Å². The Kier molecular flexibility index (Phi) is 2.42. The molecule has 0 aromatic carbocycles. The van der Waals surface area contributed by atoms with E-state index in [4.69, 9.17) is 0 Å². The third kappa shape index (κ3) is 2.08. The number of hydrogen-bond acceptors (Lipinski definition) is 0. The van der Waals surface area contributed by atoms with Crippen molar-refractivity contribution < 1.29 is 0 Å². The van der Waals surface area contributed by atoms with Gasteiger partial charge in [0.05, 0.1) is 0 Å².